The van der Waals surface area contributed by atoms with E-state index in [1.807, 2.05) is 0 Å². The van der Waals surface area contributed by atoms with Crippen LogP contribution < -0.4 is 22.1 Å². The van der Waals surface area contributed by atoms with Crippen molar-refractivity contribution < 1.29 is 0 Å². The Morgan fingerprint density at radius 3 is 1.62 bits per heavy atom. The molecule has 126 valence electrons. The largest absolute Gasteiger partial charge is 0.384 e. The van der Waals surface area contributed by atoms with Gasteiger partial charge in [-0.1, -0.05) is 24.3 Å². The summed E-state index contributed by atoms with van der Waals surface area (Å²) in [5.41, 5.74) is 13.5. The van der Waals surface area contributed by atoms with Crippen LogP contribution in [0, 0.1) is 0 Å². The van der Waals surface area contributed by atoms with Crippen LogP contribution in [0.15, 0.2) is 48.5 Å². The van der Waals surface area contributed by atoms with E-state index in [4.69, 9.17) is 11.5 Å². The van der Waals surface area contributed by atoms with Gasteiger partial charge in [-0.2, -0.15) is 0 Å². The van der Waals surface area contributed by atoms with E-state index in [1.54, 1.807) is 0 Å². The third kappa shape index (κ3) is 3.61. The number of rotatable bonds is 8. The van der Waals surface area contributed by atoms with Crippen LogP contribution in [0.25, 0.3) is 21.5 Å². The molecule has 3 aromatic rings. The van der Waals surface area contributed by atoms with Crippen LogP contribution in [0.2, 0.25) is 0 Å². The van der Waals surface area contributed by atoms with Crippen molar-refractivity contribution >= 4 is 32.9 Å². The molecular formula is C20H26N4. The van der Waals surface area contributed by atoms with Gasteiger partial charge in [-0.25, -0.2) is 0 Å². The highest BCUT2D eigenvalue weighted by molar-refractivity contribution is 6.07. The van der Waals surface area contributed by atoms with Gasteiger partial charge in [0.15, 0.2) is 0 Å². The molecule has 0 aliphatic carbocycles. The molecule has 0 spiro atoms. The maximum Gasteiger partial charge on any atom is 0.0420 e. The summed E-state index contributed by atoms with van der Waals surface area (Å²) in [5, 5.41) is 12.0. The first kappa shape index (κ1) is 16.6. The van der Waals surface area contributed by atoms with Gasteiger partial charge in [0.05, 0.1) is 0 Å². The lowest BCUT2D eigenvalue weighted by Gasteiger charge is -2.13. The van der Waals surface area contributed by atoms with Gasteiger partial charge in [-0.15, -0.1) is 0 Å². The van der Waals surface area contributed by atoms with Crippen molar-refractivity contribution in [2.75, 3.05) is 36.8 Å². The second kappa shape index (κ2) is 7.99. The molecule has 6 N–H and O–H groups in total. The summed E-state index contributed by atoms with van der Waals surface area (Å²) >= 11 is 0. The highest BCUT2D eigenvalue weighted by Gasteiger charge is 2.06. The summed E-state index contributed by atoms with van der Waals surface area (Å²) in [5.74, 6) is 0. The van der Waals surface area contributed by atoms with E-state index in [1.165, 1.54) is 32.9 Å². The van der Waals surface area contributed by atoms with Crippen LogP contribution >= 0.6 is 0 Å². The minimum absolute atomic E-state index is 0.704. The summed E-state index contributed by atoms with van der Waals surface area (Å²) in [4.78, 5) is 0. The predicted octanol–water partition coefficient (Wildman–Crippen LogP) is 3.51. The molecule has 0 aliphatic heterocycles. The van der Waals surface area contributed by atoms with Crippen LogP contribution in [0.1, 0.15) is 12.8 Å². The molecule has 3 rings (SSSR count). The Hall–Kier alpha value is -2.30. The summed E-state index contributed by atoms with van der Waals surface area (Å²) < 4.78 is 0. The number of fused-ring (bicyclic) bond motifs is 2. The molecule has 0 radical (unpaired) electrons. The van der Waals surface area contributed by atoms with E-state index in [0.29, 0.717) is 13.1 Å². The minimum Gasteiger partial charge on any atom is -0.384 e. The Morgan fingerprint density at radius 1 is 0.667 bits per heavy atom. The normalized spacial score (nSPS) is 11.1. The molecule has 4 nitrogen and oxygen atoms in total. The number of nitrogens with one attached hydrogen (secondary N) is 2. The van der Waals surface area contributed by atoms with E-state index in [9.17, 15) is 0 Å². The van der Waals surface area contributed by atoms with Crippen molar-refractivity contribution in [3.63, 3.8) is 0 Å². The molecule has 0 atom stereocenters. The molecule has 0 saturated carbocycles. The lowest BCUT2D eigenvalue weighted by molar-refractivity contribution is 0.875. The number of hydrogen-bond donors (Lipinski definition) is 4. The van der Waals surface area contributed by atoms with E-state index in [-0.39, 0.29) is 0 Å². The minimum atomic E-state index is 0.704. The molecule has 0 bridgehead atoms. The molecule has 0 aromatic heterocycles. The van der Waals surface area contributed by atoms with Gasteiger partial charge in [0, 0.05) is 35.2 Å². The van der Waals surface area contributed by atoms with Crippen molar-refractivity contribution in [3.8, 4) is 0 Å². The Bertz CT molecular complexity index is 748. The maximum absolute atomic E-state index is 5.60. The van der Waals surface area contributed by atoms with Gasteiger partial charge < -0.3 is 22.1 Å². The predicted molar refractivity (Wildman–Crippen MR) is 106 cm³/mol. The SMILES string of the molecule is NCCCNc1cccc2cc3cccc(NCCCN)c3cc12. The molecule has 24 heavy (non-hydrogen) atoms. The van der Waals surface area contributed by atoms with Crippen molar-refractivity contribution in [1.29, 1.82) is 0 Å². The number of benzene rings is 3. The lowest BCUT2D eigenvalue weighted by atomic mass is 10.0. The van der Waals surface area contributed by atoms with Gasteiger partial charge in [-0.05, 0) is 61.0 Å². The van der Waals surface area contributed by atoms with Crippen LogP contribution in [0.4, 0.5) is 11.4 Å². The Labute approximate surface area is 143 Å². The zero-order valence-corrected chi connectivity index (χ0v) is 14.0. The van der Waals surface area contributed by atoms with Crippen LogP contribution in [0.5, 0.6) is 0 Å². The van der Waals surface area contributed by atoms with E-state index < -0.39 is 0 Å². The second-order valence-corrected chi connectivity index (χ2v) is 6.04. The zero-order valence-electron chi connectivity index (χ0n) is 14.0. The molecule has 0 amide bonds. The van der Waals surface area contributed by atoms with Gasteiger partial charge in [0.25, 0.3) is 0 Å². The molecule has 0 saturated heterocycles. The highest BCUT2D eigenvalue weighted by atomic mass is 14.9. The standard InChI is InChI=1S/C20H26N4/c21-9-3-11-23-19-7-1-5-15-13-16-6-2-8-20(24-12-4-10-22)18(16)14-17(15)19/h1-2,5-8,13-14,23-24H,3-4,9-12,21-22H2. The van der Waals surface area contributed by atoms with Crippen molar-refractivity contribution in [1.82, 2.24) is 0 Å². The number of nitrogens with two attached hydrogens (primary N) is 2. The van der Waals surface area contributed by atoms with Crippen LogP contribution in [0.3, 0.4) is 0 Å². The van der Waals surface area contributed by atoms with Crippen LogP contribution in [-0.2, 0) is 0 Å². The molecule has 0 fully saturated rings. The third-order valence-corrected chi connectivity index (χ3v) is 4.27. The zero-order chi connectivity index (χ0) is 16.8. The van der Waals surface area contributed by atoms with Gasteiger partial charge in [0.1, 0.15) is 0 Å². The van der Waals surface area contributed by atoms with E-state index >= 15 is 0 Å². The molecule has 3 aromatic carbocycles. The summed E-state index contributed by atoms with van der Waals surface area (Å²) in [6.07, 6.45) is 1.94. The van der Waals surface area contributed by atoms with E-state index in [2.05, 4.69) is 59.2 Å². The van der Waals surface area contributed by atoms with Crippen LogP contribution in [-0.4, -0.2) is 26.2 Å². The van der Waals surface area contributed by atoms with Crippen molar-refractivity contribution in [2.24, 2.45) is 11.5 Å². The van der Waals surface area contributed by atoms with E-state index in [0.717, 1.165) is 25.9 Å². The lowest BCUT2D eigenvalue weighted by Crippen LogP contribution is -2.09. The molecule has 0 aliphatic rings. The summed E-state index contributed by atoms with van der Waals surface area (Å²) in [6, 6.07) is 17.3. The quantitative estimate of drug-likeness (QED) is 0.378. The molecular weight excluding hydrogens is 296 g/mol. The average Bonchev–Trinajstić information content (AvgIpc) is 2.61. The van der Waals surface area contributed by atoms with Gasteiger partial charge in [0.2, 0.25) is 0 Å². The first-order valence-corrected chi connectivity index (χ1v) is 8.67. The Balaban J connectivity index is 2.02. The maximum atomic E-state index is 5.60. The molecule has 0 unspecified atom stereocenters. The smallest absolute Gasteiger partial charge is 0.0420 e. The van der Waals surface area contributed by atoms with Crippen molar-refractivity contribution in [2.45, 2.75) is 12.8 Å². The summed E-state index contributed by atoms with van der Waals surface area (Å²) in [6.45, 7) is 3.19. The average molecular weight is 322 g/mol. The monoisotopic (exact) mass is 322 g/mol. The topological polar surface area (TPSA) is 76.1 Å². The first-order valence-electron chi connectivity index (χ1n) is 8.67. The fourth-order valence-corrected chi connectivity index (χ4v) is 3.01. The fourth-order valence-electron chi connectivity index (χ4n) is 3.01. The first-order chi connectivity index (χ1) is 11.8. The third-order valence-electron chi connectivity index (χ3n) is 4.27. The Kier molecular flexibility index (Phi) is 5.51. The number of anilines is 2. The highest BCUT2D eigenvalue weighted by Crippen LogP contribution is 2.32. The van der Waals surface area contributed by atoms with Crippen molar-refractivity contribution in [3.05, 3.63) is 48.5 Å². The van der Waals surface area contributed by atoms with Gasteiger partial charge in [-0.3, -0.25) is 0 Å². The Morgan fingerprint density at radius 2 is 1.17 bits per heavy atom. The number of hydrogen-bond acceptors (Lipinski definition) is 4. The second-order valence-electron chi connectivity index (χ2n) is 6.04. The molecule has 4 heteroatoms. The molecule has 0 heterocycles. The van der Waals surface area contributed by atoms with Gasteiger partial charge >= 0.3 is 0 Å². The fraction of sp³-hybridized carbons (Fsp3) is 0.300. The summed E-state index contributed by atoms with van der Waals surface area (Å²) in [7, 11) is 0.